The van der Waals surface area contributed by atoms with Crippen LogP contribution in [-0.4, -0.2) is 67.4 Å². The minimum Gasteiger partial charge on any atom is -0.444 e. The molecule has 214 valence electrons. The maximum atomic E-state index is 13.4. The Balaban J connectivity index is 1.70. The quantitative estimate of drug-likeness (QED) is 0.529. The summed E-state index contributed by atoms with van der Waals surface area (Å²) in [5.74, 6) is -0.295. The molecule has 0 bridgehead atoms. The van der Waals surface area contributed by atoms with Gasteiger partial charge in [0.1, 0.15) is 11.6 Å². The monoisotopic (exact) mass is 561 g/mol. The molecule has 2 amide bonds. The second kappa shape index (κ2) is 11.0. The third-order valence-corrected chi connectivity index (χ3v) is 8.96. The summed E-state index contributed by atoms with van der Waals surface area (Å²) in [7, 11) is -2.45. The largest absolute Gasteiger partial charge is 0.444 e. The molecule has 1 heterocycles. The highest BCUT2D eigenvalue weighted by atomic mass is 32.2. The van der Waals surface area contributed by atoms with Crippen LogP contribution in [0.5, 0.6) is 0 Å². The highest BCUT2D eigenvalue weighted by Crippen LogP contribution is 2.40. The van der Waals surface area contributed by atoms with Crippen molar-refractivity contribution in [1.82, 2.24) is 14.5 Å². The molecule has 8 nitrogen and oxygen atoms in total. The number of carbonyl (C=O) groups is 2. The minimum atomic E-state index is -4.55. The van der Waals surface area contributed by atoms with Gasteiger partial charge in [0.05, 0.1) is 10.5 Å². The van der Waals surface area contributed by atoms with E-state index in [1.54, 1.807) is 20.8 Å². The first-order valence-electron chi connectivity index (χ1n) is 12.8. The zero-order chi connectivity index (χ0) is 28.6. The van der Waals surface area contributed by atoms with Gasteiger partial charge in [-0.2, -0.15) is 17.5 Å². The second-order valence-electron chi connectivity index (χ2n) is 11.7. The van der Waals surface area contributed by atoms with E-state index in [0.29, 0.717) is 19.3 Å². The van der Waals surface area contributed by atoms with Crippen LogP contribution in [0.2, 0.25) is 0 Å². The number of alkyl halides is 3. The van der Waals surface area contributed by atoms with Crippen LogP contribution in [0.1, 0.15) is 59.4 Å². The summed E-state index contributed by atoms with van der Waals surface area (Å²) in [6, 6.07) is 2.47. The van der Waals surface area contributed by atoms with Crippen LogP contribution in [0.25, 0.3) is 0 Å². The Labute approximate surface area is 222 Å². The maximum absolute atomic E-state index is 13.4. The Morgan fingerprint density at radius 1 is 1.11 bits per heavy atom. The highest BCUT2D eigenvalue weighted by molar-refractivity contribution is 7.89. The number of rotatable bonds is 7. The minimum absolute atomic E-state index is 0.0247. The molecular weight excluding hydrogens is 523 g/mol. The average Bonchev–Trinajstić information content (AvgIpc) is 3.37. The molecule has 1 unspecified atom stereocenters. The topological polar surface area (TPSA) is 96.0 Å². The number of fused-ring (bicyclic) bond motifs is 1. The van der Waals surface area contributed by atoms with Crippen LogP contribution in [0.3, 0.4) is 0 Å². The Morgan fingerprint density at radius 3 is 2.24 bits per heavy atom. The van der Waals surface area contributed by atoms with Crippen LogP contribution in [0.15, 0.2) is 29.2 Å². The number of amides is 2. The number of benzene rings is 1. The molecule has 4 atom stereocenters. The predicted molar refractivity (Wildman–Crippen MR) is 136 cm³/mol. The van der Waals surface area contributed by atoms with E-state index in [9.17, 15) is 31.2 Å². The van der Waals surface area contributed by atoms with Gasteiger partial charge in [0.15, 0.2) is 0 Å². The SMILES string of the molecule is CC(C)CC(C(=O)N[C@@H]1CC[C@H]2CN(S(=O)(=O)c3ccc(C(F)(F)F)cc3)C[C@H]21)N(C)C(=O)OC(C)(C)C. The van der Waals surface area contributed by atoms with Crippen LogP contribution >= 0.6 is 0 Å². The van der Waals surface area contributed by atoms with Gasteiger partial charge in [-0.1, -0.05) is 13.8 Å². The third kappa shape index (κ3) is 6.99. The fourth-order valence-corrected chi connectivity index (χ4v) is 6.73. The van der Waals surface area contributed by atoms with Crippen molar-refractivity contribution in [1.29, 1.82) is 0 Å². The lowest BCUT2D eigenvalue weighted by Crippen LogP contribution is -2.52. The van der Waals surface area contributed by atoms with E-state index in [4.69, 9.17) is 4.74 Å². The zero-order valence-electron chi connectivity index (χ0n) is 22.7. The van der Waals surface area contributed by atoms with Gasteiger partial charge in [0.2, 0.25) is 15.9 Å². The van der Waals surface area contributed by atoms with Crippen molar-refractivity contribution in [3.05, 3.63) is 29.8 Å². The fourth-order valence-electron chi connectivity index (χ4n) is 5.19. The number of carbonyl (C=O) groups excluding carboxylic acids is 2. The summed E-state index contributed by atoms with van der Waals surface area (Å²) < 4.78 is 71.7. The Hall–Kier alpha value is -2.34. The standard InChI is InChI=1S/C26H38F3N3O5S/c1-16(2)13-22(31(6)24(34)37-25(3,4)5)23(33)30-21-12-7-17-14-32(15-20(17)21)38(35,36)19-10-8-18(9-11-19)26(27,28)29/h8-11,16-17,20-22H,7,12-15H2,1-6H3,(H,30,33)/t17-,20+,21+,22?/m0/s1. The number of likely N-dealkylation sites (N-methyl/N-ethyl adjacent to an activating group) is 1. The van der Waals surface area contributed by atoms with Crippen LogP contribution in [0.4, 0.5) is 18.0 Å². The molecule has 0 aromatic heterocycles. The van der Waals surface area contributed by atoms with E-state index >= 15 is 0 Å². The van der Waals surface area contributed by atoms with Crippen molar-refractivity contribution in [2.24, 2.45) is 17.8 Å². The lowest BCUT2D eigenvalue weighted by atomic mass is 9.96. The molecule has 0 spiro atoms. The summed E-state index contributed by atoms with van der Waals surface area (Å²) in [5, 5.41) is 3.06. The van der Waals surface area contributed by atoms with E-state index in [2.05, 4.69) is 5.32 Å². The third-order valence-electron chi connectivity index (χ3n) is 7.12. The number of hydrogen-bond donors (Lipinski definition) is 1. The Kier molecular flexibility index (Phi) is 8.77. The van der Waals surface area contributed by atoms with Crippen molar-refractivity contribution in [2.45, 2.75) is 82.6 Å². The molecule has 1 N–H and O–H groups in total. The first kappa shape index (κ1) is 30.2. The smallest absolute Gasteiger partial charge is 0.416 e. The summed E-state index contributed by atoms with van der Waals surface area (Å²) >= 11 is 0. The second-order valence-corrected chi connectivity index (χ2v) is 13.6. The Morgan fingerprint density at radius 2 is 1.71 bits per heavy atom. The lowest BCUT2D eigenvalue weighted by molar-refractivity contribution is -0.137. The van der Waals surface area contributed by atoms with Gasteiger partial charge in [-0.3, -0.25) is 9.69 Å². The van der Waals surface area contributed by atoms with Crippen LogP contribution in [0, 0.1) is 17.8 Å². The first-order chi connectivity index (χ1) is 17.4. The first-order valence-corrected chi connectivity index (χ1v) is 14.3. The van der Waals surface area contributed by atoms with Crippen molar-refractivity contribution < 1.29 is 35.9 Å². The zero-order valence-corrected chi connectivity index (χ0v) is 23.5. The summed E-state index contributed by atoms with van der Waals surface area (Å²) in [6.07, 6.45) is -3.33. The van der Waals surface area contributed by atoms with E-state index in [0.717, 1.165) is 24.3 Å². The van der Waals surface area contributed by atoms with Crippen molar-refractivity contribution in [2.75, 3.05) is 20.1 Å². The predicted octanol–water partition coefficient (Wildman–Crippen LogP) is 4.50. The molecule has 0 radical (unpaired) electrons. The average molecular weight is 562 g/mol. The van der Waals surface area contributed by atoms with E-state index < -0.39 is 39.5 Å². The van der Waals surface area contributed by atoms with E-state index in [1.807, 2.05) is 13.8 Å². The van der Waals surface area contributed by atoms with Crippen LogP contribution < -0.4 is 5.32 Å². The van der Waals surface area contributed by atoms with Gasteiger partial charge in [0, 0.05) is 26.2 Å². The number of sulfonamides is 1. The fraction of sp³-hybridized carbons (Fsp3) is 0.692. The molecule has 1 aliphatic heterocycles. The van der Waals surface area contributed by atoms with Gasteiger partial charge >= 0.3 is 12.3 Å². The van der Waals surface area contributed by atoms with Gasteiger partial charge < -0.3 is 10.1 Å². The number of hydrogen-bond acceptors (Lipinski definition) is 5. The van der Waals surface area contributed by atoms with E-state index in [1.165, 1.54) is 16.3 Å². The normalized spacial score (nSPS) is 23.3. The Bertz CT molecular complexity index is 1120. The van der Waals surface area contributed by atoms with Gasteiger partial charge in [0.25, 0.3) is 0 Å². The molecular formula is C26H38F3N3O5S. The van der Waals surface area contributed by atoms with E-state index in [-0.39, 0.29) is 47.7 Å². The maximum Gasteiger partial charge on any atom is 0.416 e. The molecule has 2 fully saturated rings. The molecule has 1 aromatic rings. The number of ether oxygens (including phenoxy) is 1. The van der Waals surface area contributed by atoms with Crippen molar-refractivity contribution in [3.63, 3.8) is 0 Å². The summed E-state index contributed by atoms with van der Waals surface area (Å²) in [4.78, 5) is 27.1. The molecule has 2 aliphatic rings. The van der Waals surface area contributed by atoms with Gasteiger partial charge in [-0.25, -0.2) is 13.2 Å². The molecule has 1 saturated carbocycles. The highest BCUT2D eigenvalue weighted by Gasteiger charge is 2.47. The van der Waals surface area contributed by atoms with Crippen molar-refractivity contribution in [3.8, 4) is 0 Å². The van der Waals surface area contributed by atoms with Crippen molar-refractivity contribution >= 4 is 22.0 Å². The number of halogens is 3. The molecule has 1 aromatic carbocycles. The number of nitrogens with one attached hydrogen (secondary N) is 1. The van der Waals surface area contributed by atoms with Gasteiger partial charge in [-0.05, 0) is 82.1 Å². The molecule has 3 rings (SSSR count). The summed E-state index contributed by atoms with van der Waals surface area (Å²) in [5.41, 5.74) is -1.63. The molecule has 12 heteroatoms. The van der Waals surface area contributed by atoms with Crippen LogP contribution in [-0.2, 0) is 25.7 Å². The molecule has 38 heavy (non-hydrogen) atoms. The molecule has 1 saturated heterocycles. The molecule has 1 aliphatic carbocycles. The van der Waals surface area contributed by atoms with Gasteiger partial charge in [-0.15, -0.1) is 0 Å². The number of nitrogens with zero attached hydrogens (tertiary/aromatic N) is 2. The summed E-state index contributed by atoms with van der Waals surface area (Å²) in [6.45, 7) is 9.56. The lowest BCUT2D eigenvalue weighted by Gasteiger charge is -2.32.